The van der Waals surface area contributed by atoms with Crippen LogP contribution < -0.4 is 5.73 Å². The number of unbranched alkanes of at least 4 members (excludes halogenated alkanes) is 1. The van der Waals surface area contributed by atoms with Crippen molar-refractivity contribution in [1.82, 2.24) is 0 Å². The third-order valence-corrected chi connectivity index (χ3v) is 4.59. The van der Waals surface area contributed by atoms with Gasteiger partial charge in [0.15, 0.2) is 0 Å². The van der Waals surface area contributed by atoms with Gasteiger partial charge in [-0.3, -0.25) is 0 Å². The minimum atomic E-state index is 0.446. The highest BCUT2D eigenvalue weighted by Crippen LogP contribution is 2.21. The van der Waals surface area contributed by atoms with Crippen LogP contribution in [0, 0.1) is 11.8 Å². The van der Waals surface area contributed by atoms with Crippen LogP contribution in [0.1, 0.15) is 91.9 Å². The quantitative estimate of drug-likeness (QED) is 0.488. The van der Waals surface area contributed by atoms with Crippen LogP contribution in [0.2, 0.25) is 0 Å². The van der Waals surface area contributed by atoms with Crippen molar-refractivity contribution in [3.63, 3.8) is 0 Å². The van der Waals surface area contributed by atoms with Gasteiger partial charge in [-0.05, 0) is 37.5 Å². The maximum absolute atomic E-state index is 6.26. The Morgan fingerprint density at radius 2 is 1.17 bits per heavy atom. The number of hydrogen-bond acceptors (Lipinski definition) is 1. The molecule has 0 aromatic heterocycles. The summed E-state index contributed by atoms with van der Waals surface area (Å²) in [6, 6.07) is 0.446. The SMILES string of the molecule is CCCCC(CC)CCC(N)CCC(CC)CC. The number of hydrogen-bond donors (Lipinski definition) is 1. The van der Waals surface area contributed by atoms with Gasteiger partial charge in [0, 0.05) is 6.04 Å². The molecule has 0 bridgehead atoms. The van der Waals surface area contributed by atoms with Gasteiger partial charge in [-0.25, -0.2) is 0 Å². The van der Waals surface area contributed by atoms with E-state index in [1.165, 1.54) is 64.2 Å². The fourth-order valence-corrected chi connectivity index (χ4v) is 2.79. The first-order valence-corrected chi connectivity index (χ1v) is 8.43. The van der Waals surface area contributed by atoms with Gasteiger partial charge in [0.2, 0.25) is 0 Å². The standard InChI is InChI=1S/C17H37N/c1-5-9-10-16(8-4)12-14-17(18)13-11-15(6-2)7-3/h15-17H,5-14,18H2,1-4H3. The first-order chi connectivity index (χ1) is 8.67. The average Bonchev–Trinajstić information content (AvgIpc) is 2.40. The van der Waals surface area contributed by atoms with E-state index in [1.807, 2.05) is 0 Å². The van der Waals surface area contributed by atoms with E-state index in [4.69, 9.17) is 5.73 Å². The van der Waals surface area contributed by atoms with E-state index in [0.29, 0.717) is 6.04 Å². The second kappa shape index (κ2) is 12.0. The zero-order valence-corrected chi connectivity index (χ0v) is 13.4. The van der Waals surface area contributed by atoms with Gasteiger partial charge in [-0.1, -0.05) is 66.2 Å². The lowest BCUT2D eigenvalue weighted by molar-refractivity contribution is 0.362. The summed E-state index contributed by atoms with van der Waals surface area (Å²) in [7, 11) is 0. The molecule has 0 heterocycles. The van der Waals surface area contributed by atoms with Crippen molar-refractivity contribution in [3.8, 4) is 0 Å². The summed E-state index contributed by atoms with van der Waals surface area (Å²) in [5.74, 6) is 1.82. The lowest BCUT2D eigenvalue weighted by Gasteiger charge is -2.19. The van der Waals surface area contributed by atoms with Gasteiger partial charge in [0.25, 0.3) is 0 Å². The minimum absolute atomic E-state index is 0.446. The van der Waals surface area contributed by atoms with Crippen molar-refractivity contribution in [2.24, 2.45) is 17.6 Å². The van der Waals surface area contributed by atoms with Crippen LogP contribution in [-0.4, -0.2) is 6.04 Å². The molecule has 0 saturated heterocycles. The predicted octanol–water partition coefficient (Wildman–Crippen LogP) is 5.53. The first-order valence-electron chi connectivity index (χ1n) is 8.43. The summed E-state index contributed by atoms with van der Waals surface area (Å²) in [5.41, 5.74) is 6.26. The smallest absolute Gasteiger partial charge is 0.00390 e. The number of nitrogens with two attached hydrogens (primary N) is 1. The summed E-state index contributed by atoms with van der Waals surface area (Å²) in [6.45, 7) is 9.22. The molecule has 0 rings (SSSR count). The molecule has 0 aromatic rings. The van der Waals surface area contributed by atoms with Gasteiger partial charge in [0.05, 0.1) is 0 Å². The molecule has 0 amide bonds. The molecule has 0 aliphatic carbocycles. The second-order valence-electron chi connectivity index (χ2n) is 6.01. The lowest BCUT2D eigenvalue weighted by atomic mass is 9.89. The molecule has 0 aliphatic heterocycles. The van der Waals surface area contributed by atoms with E-state index >= 15 is 0 Å². The normalized spacial score (nSPS) is 15.0. The Balaban J connectivity index is 3.69. The predicted molar refractivity (Wildman–Crippen MR) is 83.8 cm³/mol. The third kappa shape index (κ3) is 8.97. The molecule has 2 N–H and O–H groups in total. The van der Waals surface area contributed by atoms with Crippen molar-refractivity contribution in [2.45, 2.75) is 97.9 Å². The monoisotopic (exact) mass is 255 g/mol. The molecule has 0 saturated carbocycles. The Hall–Kier alpha value is -0.0400. The van der Waals surface area contributed by atoms with E-state index < -0.39 is 0 Å². The van der Waals surface area contributed by atoms with E-state index in [0.717, 1.165) is 11.8 Å². The van der Waals surface area contributed by atoms with Crippen LogP contribution in [0.5, 0.6) is 0 Å². The van der Waals surface area contributed by atoms with Crippen molar-refractivity contribution < 1.29 is 0 Å². The molecule has 0 aromatic carbocycles. The van der Waals surface area contributed by atoms with Gasteiger partial charge in [0.1, 0.15) is 0 Å². The van der Waals surface area contributed by atoms with Crippen LogP contribution in [0.4, 0.5) is 0 Å². The molecule has 0 spiro atoms. The maximum atomic E-state index is 6.26. The highest BCUT2D eigenvalue weighted by atomic mass is 14.6. The van der Waals surface area contributed by atoms with Crippen LogP contribution in [0.15, 0.2) is 0 Å². The topological polar surface area (TPSA) is 26.0 Å². The van der Waals surface area contributed by atoms with Crippen LogP contribution in [-0.2, 0) is 0 Å². The second-order valence-corrected chi connectivity index (χ2v) is 6.01. The Bertz CT molecular complexity index is 163. The van der Waals surface area contributed by atoms with Gasteiger partial charge < -0.3 is 5.73 Å². The fraction of sp³-hybridized carbons (Fsp3) is 1.00. The Morgan fingerprint density at radius 3 is 1.61 bits per heavy atom. The molecule has 0 radical (unpaired) electrons. The zero-order valence-electron chi connectivity index (χ0n) is 13.4. The van der Waals surface area contributed by atoms with Crippen LogP contribution in [0.3, 0.4) is 0 Å². The summed E-state index contributed by atoms with van der Waals surface area (Å²) in [5, 5.41) is 0. The Labute approximate surface area is 116 Å². The molecule has 2 unspecified atom stereocenters. The van der Waals surface area contributed by atoms with Crippen molar-refractivity contribution in [3.05, 3.63) is 0 Å². The summed E-state index contributed by atoms with van der Waals surface area (Å²) in [4.78, 5) is 0. The number of rotatable bonds is 12. The van der Waals surface area contributed by atoms with Crippen molar-refractivity contribution >= 4 is 0 Å². The lowest BCUT2D eigenvalue weighted by Crippen LogP contribution is -2.22. The van der Waals surface area contributed by atoms with Crippen molar-refractivity contribution in [2.75, 3.05) is 0 Å². The minimum Gasteiger partial charge on any atom is -0.328 e. The summed E-state index contributed by atoms with van der Waals surface area (Å²) in [6.07, 6.45) is 13.2. The van der Waals surface area contributed by atoms with Crippen LogP contribution >= 0.6 is 0 Å². The Kier molecular flexibility index (Phi) is 12.0. The zero-order chi connectivity index (χ0) is 13.8. The van der Waals surface area contributed by atoms with Crippen molar-refractivity contribution in [1.29, 1.82) is 0 Å². The van der Waals surface area contributed by atoms with Gasteiger partial charge in [-0.15, -0.1) is 0 Å². The van der Waals surface area contributed by atoms with Gasteiger partial charge >= 0.3 is 0 Å². The summed E-state index contributed by atoms with van der Waals surface area (Å²) >= 11 is 0. The van der Waals surface area contributed by atoms with E-state index in [1.54, 1.807) is 0 Å². The molecule has 110 valence electrons. The van der Waals surface area contributed by atoms with E-state index in [-0.39, 0.29) is 0 Å². The van der Waals surface area contributed by atoms with Crippen LogP contribution in [0.25, 0.3) is 0 Å². The average molecular weight is 255 g/mol. The van der Waals surface area contributed by atoms with Gasteiger partial charge in [-0.2, -0.15) is 0 Å². The molecule has 0 aliphatic rings. The molecular weight excluding hydrogens is 218 g/mol. The molecule has 0 fully saturated rings. The molecule has 1 nitrogen and oxygen atoms in total. The third-order valence-electron chi connectivity index (χ3n) is 4.59. The largest absolute Gasteiger partial charge is 0.328 e. The highest BCUT2D eigenvalue weighted by Gasteiger charge is 2.11. The fourth-order valence-electron chi connectivity index (χ4n) is 2.79. The molecule has 18 heavy (non-hydrogen) atoms. The summed E-state index contributed by atoms with van der Waals surface area (Å²) < 4.78 is 0. The van der Waals surface area contributed by atoms with E-state index in [9.17, 15) is 0 Å². The van der Waals surface area contributed by atoms with E-state index in [2.05, 4.69) is 27.7 Å². The highest BCUT2D eigenvalue weighted by molar-refractivity contribution is 4.68. The molecule has 1 heteroatoms. The first kappa shape index (κ1) is 18.0. The molecule has 2 atom stereocenters. The maximum Gasteiger partial charge on any atom is 0.00390 e. The molecular formula is C17H37N. The Morgan fingerprint density at radius 1 is 0.667 bits per heavy atom.